The van der Waals surface area contributed by atoms with Gasteiger partial charge in [-0.1, -0.05) is 42.0 Å². The van der Waals surface area contributed by atoms with Crippen LogP contribution in [0.4, 0.5) is 0 Å². The van der Waals surface area contributed by atoms with Crippen molar-refractivity contribution in [3.63, 3.8) is 0 Å². The maximum Gasteiger partial charge on any atom is 0.224 e. The Morgan fingerprint density at radius 1 is 1.08 bits per heavy atom. The number of carbonyl (C=O) groups excluding carboxylic acids is 2. The summed E-state index contributed by atoms with van der Waals surface area (Å²) >= 11 is 0. The average molecular weight is 342 g/mol. The Bertz CT molecular complexity index is 595. The lowest BCUT2D eigenvalue weighted by atomic mass is 9.97. The van der Waals surface area contributed by atoms with E-state index in [0.717, 1.165) is 31.4 Å². The largest absolute Gasteiger partial charge is 0.342 e. The van der Waals surface area contributed by atoms with E-state index >= 15 is 0 Å². The van der Waals surface area contributed by atoms with Crippen molar-refractivity contribution in [2.75, 3.05) is 20.1 Å². The normalized spacial score (nSPS) is 13.9. The summed E-state index contributed by atoms with van der Waals surface area (Å²) in [5, 5.41) is 0. The molecule has 0 unspecified atom stereocenters. The van der Waals surface area contributed by atoms with Crippen molar-refractivity contribution in [2.45, 2.75) is 52.0 Å². The van der Waals surface area contributed by atoms with Crippen molar-refractivity contribution in [2.24, 2.45) is 0 Å². The number of amides is 2. The van der Waals surface area contributed by atoms with Gasteiger partial charge in [-0.2, -0.15) is 0 Å². The molecule has 0 fully saturated rings. The Hall–Kier alpha value is -2.10. The maximum absolute atomic E-state index is 12.4. The van der Waals surface area contributed by atoms with E-state index in [2.05, 4.69) is 6.08 Å². The molecule has 0 heterocycles. The monoisotopic (exact) mass is 342 g/mol. The molecule has 0 saturated carbocycles. The highest BCUT2D eigenvalue weighted by Crippen LogP contribution is 2.20. The number of allylic oxidation sites excluding steroid dienone is 1. The van der Waals surface area contributed by atoms with Crippen molar-refractivity contribution >= 4 is 11.8 Å². The van der Waals surface area contributed by atoms with E-state index in [1.165, 1.54) is 18.4 Å². The van der Waals surface area contributed by atoms with Gasteiger partial charge in [0.1, 0.15) is 0 Å². The molecule has 0 aromatic heterocycles. The van der Waals surface area contributed by atoms with E-state index in [0.29, 0.717) is 19.5 Å². The van der Waals surface area contributed by atoms with Crippen molar-refractivity contribution in [1.82, 2.24) is 9.80 Å². The summed E-state index contributed by atoms with van der Waals surface area (Å²) in [6.07, 6.45) is 8.50. The lowest BCUT2D eigenvalue weighted by Gasteiger charge is -2.24. The second-order valence-electron chi connectivity index (χ2n) is 6.85. The Balaban J connectivity index is 1.78. The molecule has 4 heteroatoms. The first-order valence-corrected chi connectivity index (χ1v) is 9.27. The number of hydrogen-bond acceptors (Lipinski definition) is 2. The summed E-state index contributed by atoms with van der Waals surface area (Å²) in [7, 11) is 1.82. The molecule has 0 spiro atoms. The van der Waals surface area contributed by atoms with Crippen LogP contribution in [0.1, 0.15) is 51.0 Å². The van der Waals surface area contributed by atoms with Gasteiger partial charge in [0, 0.05) is 40.0 Å². The smallest absolute Gasteiger partial charge is 0.224 e. The van der Waals surface area contributed by atoms with Gasteiger partial charge < -0.3 is 9.80 Å². The van der Waals surface area contributed by atoms with E-state index in [-0.39, 0.29) is 11.8 Å². The third-order valence-electron chi connectivity index (χ3n) is 4.82. The van der Waals surface area contributed by atoms with E-state index in [4.69, 9.17) is 0 Å². The fourth-order valence-electron chi connectivity index (χ4n) is 3.20. The molecule has 1 aliphatic rings. The van der Waals surface area contributed by atoms with Crippen LogP contribution >= 0.6 is 0 Å². The van der Waals surface area contributed by atoms with E-state index < -0.39 is 0 Å². The Morgan fingerprint density at radius 3 is 2.48 bits per heavy atom. The number of benzene rings is 1. The van der Waals surface area contributed by atoms with Gasteiger partial charge >= 0.3 is 0 Å². The molecular weight excluding hydrogens is 312 g/mol. The summed E-state index contributed by atoms with van der Waals surface area (Å²) < 4.78 is 0. The first kappa shape index (κ1) is 19.2. The highest BCUT2D eigenvalue weighted by Gasteiger charge is 2.15. The van der Waals surface area contributed by atoms with Crippen molar-refractivity contribution in [3.05, 3.63) is 47.5 Å². The van der Waals surface area contributed by atoms with E-state index in [1.54, 1.807) is 11.8 Å². The molecule has 0 N–H and O–H groups in total. The molecule has 136 valence electrons. The summed E-state index contributed by atoms with van der Waals surface area (Å²) in [6, 6.07) is 9.96. The van der Waals surface area contributed by atoms with Gasteiger partial charge in [-0.15, -0.1) is 0 Å². The third-order valence-corrected chi connectivity index (χ3v) is 4.82. The van der Waals surface area contributed by atoms with Crippen LogP contribution in [0.25, 0.3) is 0 Å². The Kier molecular flexibility index (Phi) is 7.71. The molecule has 4 nitrogen and oxygen atoms in total. The fraction of sp³-hybridized carbons (Fsp3) is 0.524. The SMILES string of the molecule is CC(=O)N(CCC(=O)N(C)Cc1ccccc1)CCC1=CCCCC1. The summed E-state index contributed by atoms with van der Waals surface area (Å²) in [6.45, 7) is 3.41. The molecule has 0 bridgehead atoms. The van der Waals surface area contributed by atoms with Crippen LogP contribution in [0, 0.1) is 0 Å². The van der Waals surface area contributed by atoms with Crippen LogP contribution in [0.5, 0.6) is 0 Å². The number of carbonyl (C=O) groups is 2. The van der Waals surface area contributed by atoms with Crippen molar-refractivity contribution in [3.8, 4) is 0 Å². The van der Waals surface area contributed by atoms with E-state index in [1.807, 2.05) is 42.3 Å². The highest BCUT2D eigenvalue weighted by atomic mass is 16.2. The zero-order valence-corrected chi connectivity index (χ0v) is 15.5. The molecule has 0 radical (unpaired) electrons. The first-order chi connectivity index (χ1) is 12.1. The van der Waals surface area contributed by atoms with Crippen LogP contribution < -0.4 is 0 Å². The van der Waals surface area contributed by atoms with Gasteiger partial charge in [0.15, 0.2) is 0 Å². The van der Waals surface area contributed by atoms with Crippen LogP contribution in [0.2, 0.25) is 0 Å². The molecular formula is C21H30N2O2. The topological polar surface area (TPSA) is 40.6 Å². The number of hydrogen-bond donors (Lipinski definition) is 0. The molecule has 25 heavy (non-hydrogen) atoms. The average Bonchev–Trinajstić information content (AvgIpc) is 2.62. The summed E-state index contributed by atoms with van der Waals surface area (Å²) in [5.74, 6) is 0.127. The minimum absolute atomic E-state index is 0.0509. The molecule has 0 atom stereocenters. The predicted molar refractivity (Wildman–Crippen MR) is 101 cm³/mol. The lowest BCUT2D eigenvalue weighted by Crippen LogP contribution is -2.35. The van der Waals surface area contributed by atoms with Crippen molar-refractivity contribution < 1.29 is 9.59 Å². The maximum atomic E-state index is 12.4. The standard InChI is InChI=1S/C21H30N2O2/c1-18(24)23(15-13-19-9-5-3-6-10-19)16-14-21(25)22(2)17-20-11-7-4-8-12-20/h4,7-9,11-12H,3,5-6,10,13-17H2,1-2H3. The molecule has 1 aromatic rings. The molecule has 1 aliphatic carbocycles. The minimum atomic E-state index is 0.0509. The minimum Gasteiger partial charge on any atom is -0.342 e. The van der Waals surface area contributed by atoms with Gasteiger partial charge in [-0.25, -0.2) is 0 Å². The Morgan fingerprint density at radius 2 is 1.84 bits per heavy atom. The highest BCUT2D eigenvalue weighted by molar-refractivity contribution is 5.78. The first-order valence-electron chi connectivity index (χ1n) is 9.27. The summed E-state index contributed by atoms with van der Waals surface area (Å²) in [5.41, 5.74) is 2.58. The van der Waals surface area contributed by atoms with E-state index in [9.17, 15) is 9.59 Å². The quantitative estimate of drug-likeness (QED) is 0.675. The van der Waals surface area contributed by atoms with Crippen LogP contribution in [-0.4, -0.2) is 41.8 Å². The van der Waals surface area contributed by atoms with Crippen LogP contribution in [-0.2, 0) is 16.1 Å². The Labute approximate surface area is 151 Å². The van der Waals surface area contributed by atoms with Gasteiger partial charge in [-0.3, -0.25) is 9.59 Å². The van der Waals surface area contributed by atoms with Gasteiger partial charge in [0.2, 0.25) is 11.8 Å². The second-order valence-corrected chi connectivity index (χ2v) is 6.85. The zero-order chi connectivity index (χ0) is 18.1. The van der Waals surface area contributed by atoms with Crippen LogP contribution in [0.3, 0.4) is 0 Å². The summed E-state index contributed by atoms with van der Waals surface area (Å²) in [4.78, 5) is 27.8. The van der Waals surface area contributed by atoms with Gasteiger partial charge in [0.25, 0.3) is 0 Å². The predicted octanol–water partition coefficient (Wildman–Crippen LogP) is 3.77. The van der Waals surface area contributed by atoms with Gasteiger partial charge in [0.05, 0.1) is 0 Å². The molecule has 0 saturated heterocycles. The van der Waals surface area contributed by atoms with Crippen molar-refractivity contribution in [1.29, 1.82) is 0 Å². The zero-order valence-electron chi connectivity index (χ0n) is 15.5. The lowest BCUT2D eigenvalue weighted by molar-refractivity contribution is -0.133. The number of nitrogens with zero attached hydrogens (tertiary/aromatic N) is 2. The third kappa shape index (κ3) is 6.73. The number of rotatable bonds is 8. The second kappa shape index (κ2) is 10.0. The molecule has 2 rings (SSSR count). The van der Waals surface area contributed by atoms with Crippen LogP contribution in [0.15, 0.2) is 42.0 Å². The molecule has 2 amide bonds. The molecule has 1 aromatic carbocycles. The fourth-order valence-corrected chi connectivity index (χ4v) is 3.20. The van der Waals surface area contributed by atoms with Gasteiger partial charge in [-0.05, 0) is 37.7 Å². The molecule has 0 aliphatic heterocycles.